The van der Waals surface area contributed by atoms with Crippen molar-refractivity contribution in [3.63, 3.8) is 0 Å². The van der Waals surface area contributed by atoms with Crippen molar-refractivity contribution in [2.45, 2.75) is 10.6 Å². The second-order valence-corrected chi connectivity index (χ2v) is 7.32. The Morgan fingerprint density at radius 1 is 1.11 bits per heavy atom. The average molecular weight is 394 g/mol. The number of aromatic nitrogens is 5. The van der Waals surface area contributed by atoms with Gasteiger partial charge in [0.15, 0.2) is 0 Å². The molecule has 0 unspecified atom stereocenters. The van der Waals surface area contributed by atoms with E-state index in [1.165, 1.54) is 6.33 Å². The summed E-state index contributed by atoms with van der Waals surface area (Å²) in [6.45, 7) is 0. The largest absolute Gasteiger partial charge is 0.322 e. The maximum Gasteiger partial charge on any atom is 0.255 e. The normalized spacial score (nSPS) is 10.7. The first-order valence-corrected chi connectivity index (χ1v) is 9.95. The molecule has 9 heteroatoms. The minimum absolute atomic E-state index is 0.152. The Kier molecular flexibility index (Phi) is 5.22. The highest BCUT2D eigenvalue weighted by Gasteiger charge is 2.07. The van der Waals surface area contributed by atoms with Crippen LogP contribution in [0.2, 0.25) is 0 Å². The van der Waals surface area contributed by atoms with E-state index in [1.807, 2.05) is 59.4 Å². The molecule has 134 valence electrons. The van der Waals surface area contributed by atoms with Gasteiger partial charge in [-0.05, 0) is 59.0 Å². The first-order chi connectivity index (χ1) is 13.3. The molecule has 2 aromatic carbocycles. The second kappa shape index (κ2) is 8.11. The van der Waals surface area contributed by atoms with Crippen LogP contribution in [0.4, 0.5) is 5.69 Å². The van der Waals surface area contributed by atoms with Gasteiger partial charge in [0.05, 0.1) is 16.9 Å². The molecular weight excluding hydrogens is 380 g/mol. The zero-order valence-electron chi connectivity index (χ0n) is 14.0. The third-order valence-electron chi connectivity index (χ3n) is 3.73. The lowest BCUT2D eigenvalue weighted by Crippen LogP contribution is -2.11. The van der Waals surface area contributed by atoms with Crippen molar-refractivity contribution in [1.82, 2.24) is 25.2 Å². The molecule has 4 aromatic rings. The number of nitrogens with one attached hydrogen (secondary N) is 1. The van der Waals surface area contributed by atoms with Crippen molar-refractivity contribution in [2.24, 2.45) is 0 Å². The van der Waals surface area contributed by atoms with Crippen LogP contribution in [0.15, 0.2) is 70.6 Å². The van der Waals surface area contributed by atoms with Gasteiger partial charge in [-0.2, -0.15) is 0 Å². The summed E-state index contributed by atoms with van der Waals surface area (Å²) in [4.78, 5) is 17.8. The van der Waals surface area contributed by atoms with Crippen molar-refractivity contribution in [1.29, 1.82) is 0 Å². The van der Waals surface area contributed by atoms with Gasteiger partial charge in [0.25, 0.3) is 5.91 Å². The van der Waals surface area contributed by atoms with Crippen molar-refractivity contribution < 1.29 is 4.79 Å². The zero-order chi connectivity index (χ0) is 18.5. The van der Waals surface area contributed by atoms with Crippen LogP contribution >= 0.6 is 23.1 Å². The summed E-state index contributed by atoms with van der Waals surface area (Å²) in [5.74, 6) is 0.670. The van der Waals surface area contributed by atoms with Gasteiger partial charge in [0, 0.05) is 27.3 Å². The van der Waals surface area contributed by atoms with E-state index in [1.54, 1.807) is 27.8 Å². The number of carbonyl (C=O) groups excluding carboxylic acids is 1. The minimum atomic E-state index is -0.152. The second-order valence-electron chi connectivity index (χ2n) is 5.55. The lowest BCUT2D eigenvalue weighted by molar-refractivity contribution is 0.102. The van der Waals surface area contributed by atoms with Crippen LogP contribution in [-0.4, -0.2) is 31.1 Å². The lowest BCUT2D eigenvalue weighted by Gasteiger charge is -2.07. The number of amides is 1. The molecule has 0 fully saturated rings. The highest BCUT2D eigenvalue weighted by Crippen LogP contribution is 2.23. The van der Waals surface area contributed by atoms with Gasteiger partial charge < -0.3 is 5.32 Å². The molecule has 0 saturated heterocycles. The van der Waals surface area contributed by atoms with E-state index >= 15 is 0 Å². The Morgan fingerprint density at radius 3 is 2.59 bits per heavy atom. The molecule has 0 aliphatic heterocycles. The van der Waals surface area contributed by atoms with E-state index in [2.05, 4.69) is 25.8 Å². The number of hydrogen-bond donors (Lipinski definition) is 1. The number of nitrogens with zero attached hydrogens (tertiary/aromatic N) is 5. The molecule has 27 heavy (non-hydrogen) atoms. The fourth-order valence-electron chi connectivity index (χ4n) is 2.35. The topological polar surface area (TPSA) is 85.6 Å². The van der Waals surface area contributed by atoms with E-state index in [9.17, 15) is 4.79 Å². The number of rotatable bonds is 6. The molecule has 0 radical (unpaired) electrons. The van der Waals surface area contributed by atoms with Gasteiger partial charge in [-0.3, -0.25) is 4.79 Å². The third-order valence-corrected chi connectivity index (χ3v) is 5.41. The van der Waals surface area contributed by atoms with Gasteiger partial charge in [0.1, 0.15) is 6.33 Å². The third kappa shape index (κ3) is 4.39. The predicted octanol–water partition coefficient (Wildman–Crippen LogP) is 3.66. The van der Waals surface area contributed by atoms with Crippen LogP contribution < -0.4 is 5.32 Å². The summed E-state index contributed by atoms with van der Waals surface area (Å²) in [6.07, 6.45) is 1.52. The molecule has 2 heterocycles. The molecule has 0 bridgehead atoms. The molecule has 0 spiro atoms. The molecule has 0 aliphatic carbocycles. The molecule has 7 nitrogen and oxygen atoms in total. The highest BCUT2D eigenvalue weighted by atomic mass is 32.2. The van der Waals surface area contributed by atoms with Crippen LogP contribution in [0.5, 0.6) is 0 Å². The minimum Gasteiger partial charge on any atom is -0.322 e. The van der Waals surface area contributed by atoms with E-state index in [0.29, 0.717) is 11.3 Å². The van der Waals surface area contributed by atoms with Crippen molar-refractivity contribution in [3.05, 3.63) is 77.0 Å². The summed E-state index contributed by atoms with van der Waals surface area (Å²) in [5.41, 5.74) is 5.03. The first-order valence-electron chi connectivity index (χ1n) is 8.03. The number of hydrogen-bond acceptors (Lipinski definition) is 7. The monoisotopic (exact) mass is 394 g/mol. The lowest BCUT2D eigenvalue weighted by atomic mass is 10.2. The van der Waals surface area contributed by atoms with Gasteiger partial charge in [0.2, 0.25) is 0 Å². The van der Waals surface area contributed by atoms with Crippen LogP contribution in [0.25, 0.3) is 5.69 Å². The smallest absolute Gasteiger partial charge is 0.255 e. The Labute approximate surface area is 163 Å². The van der Waals surface area contributed by atoms with Gasteiger partial charge in [-0.25, -0.2) is 9.67 Å². The van der Waals surface area contributed by atoms with E-state index in [-0.39, 0.29) is 5.91 Å². The average Bonchev–Trinajstić information content (AvgIpc) is 3.41. The van der Waals surface area contributed by atoms with Gasteiger partial charge in [-0.15, -0.1) is 28.2 Å². The number of thioether (sulfide) groups is 1. The number of carbonyl (C=O) groups is 1. The van der Waals surface area contributed by atoms with Crippen molar-refractivity contribution >= 4 is 34.7 Å². The Balaban J connectivity index is 1.36. The Bertz CT molecular complexity index is 999. The predicted molar refractivity (Wildman–Crippen MR) is 105 cm³/mol. The quantitative estimate of drug-likeness (QED) is 0.502. The standard InChI is InChI=1S/C18H14N6OS2/c25-18(21-14-3-5-16(6-4-14)24-11-20-22-23-24)13-1-7-17(8-2-13)27-10-15-9-26-12-19-15/h1-9,11-12H,10H2,(H,21,25). The van der Waals surface area contributed by atoms with Crippen LogP contribution in [0.3, 0.4) is 0 Å². The fourth-order valence-corrected chi connectivity index (χ4v) is 3.81. The van der Waals surface area contributed by atoms with Crippen molar-refractivity contribution in [2.75, 3.05) is 5.32 Å². The summed E-state index contributed by atoms with van der Waals surface area (Å²) < 4.78 is 1.55. The summed E-state index contributed by atoms with van der Waals surface area (Å²) in [7, 11) is 0. The van der Waals surface area contributed by atoms with Crippen LogP contribution in [0.1, 0.15) is 16.1 Å². The van der Waals surface area contributed by atoms with E-state index in [0.717, 1.165) is 22.0 Å². The molecule has 0 saturated carbocycles. The maximum atomic E-state index is 12.4. The number of tetrazole rings is 1. The van der Waals surface area contributed by atoms with Gasteiger partial charge in [-0.1, -0.05) is 0 Å². The molecule has 0 atom stereocenters. The first kappa shape index (κ1) is 17.4. The molecule has 0 aliphatic rings. The summed E-state index contributed by atoms with van der Waals surface area (Å²) >= 11 is 3.29. The molecule has 4 rings (SSSR count). The molecule has 1 N–H and O–H groups in total. The molecule has 1 amide bonds. The number of thiazole rings is 1. The maximum absolute atomic E-state index is 12.4. The summed E-state index contributed by atoms with van der Waals surface area (Å²) in [6, 6.07) is 14.9. The van der Waals surface area contributed by atoms with Crippen LogP contribution in [-0.2, 0) is 5.75 Å². The fraction of sp³-hybridized carbons (Fsp3) is 0.0556. The van der Waals surface area contributed by atoms with Crippen LogP contribution in [0, 0.1) is 0 Å². The molecule has 2 aromatic heterocycles. The number of anilines is 1. The van der Waals surface area contributed by atoms with E-state index < -0.39 is 0 Å². The highest BCUT2D eigenvalue weighted by molar-refractivity contribution is 7.98. The summed E-state index contributed by atoms with van der Waals surface area (Å²) in [5, 5.41) is 16.0. The molecular formula is C18H14N6OS2. The Hall–Kier alpha value is -3.04. The number of benzene rings is 2. The van der Waals surface area contributed by atoms with Crippen molar-refractivity contribution in [3.8, 4) is 5.69 Å². The Morgan fingerprint density at radius 2 is 1.93 bits per heavy atom. The van der Waals surface area contributed by atoms with Gasteiger partial charge >= 0.3 is 0 Å². The zero-order valence-corrected chi connectivity index (χ0v) is 15.7. The SMILES string of the molecule is O=C(Nc1ccc(-n2cnnn2)cc1)c1ccc(SCc2cscn2)cc1. The van der Waals surface area contributed by atoms with E-state index in [4.69, 9.17) is 0 Å².